The van der Waals surface area contributed by atoms with Gasteiger partial charge in [-0.2, -0.15) is 0 Å². The number of hydrogen-bond acceptors (Lipinski definition) is 2. The average Bonchev–Trinajstić information content (AvgIpc) is 2.69. The van der Waals surface area contributed by atoms with Gasteiger partial charge < -0.3 is 16.0 Å². The first-order valence-corrected chi connectivity index (χ1v) is 9.15. The Bertz CT molecular complexity index is 845. The molecule has 2 rings (SSSR count). The quantitative estimate of drug-likeness (QED) is 0.300. The van der Waals surface area contributed by atoms with Crippen LogP contribution in [-0.2, 0) is 6.42 Å². The molecule has 2 aromatic rings. The molecule has 0 saturated heterocycles. The van der Waals surface area contributed by atoms with Gasteiger partial charge in [-0.3, -0.25) is 9.79 Å². The molecule has 0 heterocycles. The van der Waals surface area contributed by atoms with Crippen LogP contribution in [0.15, 0.2) is 47.5 Å². The third kappa shape index (κ3) is 7.60. The smallest absolute Gasteiger partial charge is 0.251 e. The zero-order valence-corrected chi connectivity index (χ0v) is 19.1. The standard InChI is InChI=1S/C21H26F2N4O.HI/c1-14(18-8-7-17(22)12-19(18)23)13-27-21(25-3)26-10-9-15-5-4-6-16(11-15)20(28)24-2;/h4-8,11-12,14H,9-10,13H2,1-3H3,(H,24,28)(H2,25,26,27);1H. The number of benzene rings is 2. The summed E-state index contributed by atoms with van der Waals surface area (Å²) in [5, 5.41) is 8.95. The maximum Gasteiger partial charge on any atom is 0.251 e. The Morgan fingerprint density at radius 1 is 1.14 bits per heavy atom. The molecule has 0 spiro atoms. The second kappa shape index (κ2) is 12.4. The van der Waals surface area contributed by atoms with E-state index >= 15 is 0 Å². The SMILES string of the molecule is CN=C(NCCc1cccc(C(=O)NC)c1)NCC(C)c1ccc(F)cc1F.I. The maximum absolute atomic E-state index is 13.9. The number of guanidine groups is 1. The van der Waals surface area contributed by atoms with Crippen LogP contribution in [0.25, 0.3) is 0 Å². The number of nitrogens with one attached hydrogen (secondary N) is 3. The first kappa shape index (κ1) is 24.8. The van der Waals surface area contributed by atoms with E-state index in [0.717, 1.165) is 11.6 Å². The van der Waals surface area contributed by atoms with Gasteiger partial charge in [0.25, 0.3) is 5.91 Å². The summed E-state index contributed by atoms with van der Waals surface area (Å²) in [6.45, 7) is 2.94. The van der Waals surface area contributed by atoms with E-state index in [2.05, 4.69) is 20.9 Å². The van der Waals surface area contributed by atoms with Crippen molar-refractivity contribution in [3.63, 3.8) is 0 Å². The van der Waals surface area contributed by atoms with Gasteiger partial charge in [0.1, 0.15) is 11.6 Å². The Hall–Kier alpha value is -2.23. The van der Waals surface area contributed by atoms with Crippen LogP contribution >= 0.6 is 24.0 Å². The third-order valence-corrected chi connectivity index (χ3v) is 4.42. The topological polar surface area (TPSA) is 65.5 Å². The van der Waals surface area contributed by atoms with Crippen LogP contribution in [0.5, 0.6) is 0 Å². The van der Waals surface area contributed by atoms with Crippen molar-refractivity contribution < 1.29 is 13.6 Å². The van der Waals surface area contributed by atoms with Gasteiger partial charge in [-0.25, -0.2) is 8.78 Å². The zero-order valence-electron chi connectivity index (χ0n) is 16.8. The molecular formula is C21H27F2IN4O. The number of nitrogens with zero attached hydrogens (tertiary/aromatic N) is 1. The van der Waals surface area contributed by atoms with Gasteiger partial charge in [-0.15, -0.1) is 24.0 Å². The maximum atomic E-state index is 13.9. The minimum Gasteiger partial charge on any atom is -0.356 e. The predicted molar refractivity (Wildman–Crippen MR) is 123 cm³/mol. The van der Waals surface area contributed by atoms with Crippen molar-refractivity contribution >= 4 is 35.8 Å². The lowest BCUT2D eigenvalue weighted by Gasteiger charge is -2.17. The van der Waals surface area contributed by atoms with Crippen LogP contribution in [0.3, 0.4) is 0 Å². The summed E-state index contributed by atoms with van der Waals surface area (Å²) in [7, 11) is 3.26. The van der Waals surface area contributed by atoms with Gasteiger partial charge in [-0.1, -0.05) is 25.1 Å². The van der Waals surface area contributed by atoms with Crippen molar-refractivity contribution in [2.75, 3.05) is 27.2 Å². The number of carbonyl (C=O) groups is 1. The van der Waals surface area contributed by atoms with Crippen LogP contribution < -0.4 is 16.0 Å². The molecule has 0 radical (unpaired) electrons. The van der Waals surface area contributed by atoms with E-state index in [1.165, 1.54) is 12.1 Å². The Labute approximate surface area is 187 Å². The van der Waals surface area contributed by atoms with Gasteiger partial charge in [0, 0.05) is 44.7 Å². The average molecular weight is 516 g/mol. The van der Waals surface area contributed by atoms with Crippen LogP contribution in [0.4, 0.5) is 8.78 Å². The summed E-state index contributed by atoms with van der Waals surface area (Å²) in [5.41, 5.74) is 2.11. The Morgan fingerprint density at radius 2 is 1.90 bits per heavy atom. The van der Waals surface area contributed by atoms with Crippen LogP contribution in [0.2, 0.25) is 0 Å². The Kier molecular flexibility index (Phi) is 10.6. The van der Waals surface area contributed by atoms with E-state index < -0.39 is 11.6 Å². The van der Waals surface area contributed by atoms with Gasteiger partial charge in [0.2, 0.25) is 0 Å². The molecular weight excluding hydrogens is 489 g/mol. The first-order chi connectivity index (χ1) is 13.4. The number of carbonyl (C=O) groups excluding carboxylic acids is 1. The Morgan fingerprint density at radius 3 is 2.55 bits per heavy atom. The molecule has 0 bridgehead atoms. The molecule has 0 aromatic heterocycles. The van der Waals surface area contributed by atoms with Crippen molar-refractivity contribution in [2.24, 2.45) is 4.99 Å². The zero-order chi connectivity index (χ0) is 20.5. The number of amides is 1. The highest BCUT2D eigenvalue weighted by Gasteiger charge is 2.12. The van der Waals surface area contributed by atoms with Crippen molar-refractivity contribution in [3.8, 4) is 0 Å². The molecule has 0 aliphatic rings. The molecule has 0 fully saturated rings. The van der Waals surface area contributed by atoms with Crippen LogP contribution in [0, 0.1) is 11.6 Å². The van der Waals surface area contributed by atoms with E-state index in [0.29, 0.717) is 36.6 Å². The minimum atomic E-state index is -0.584. The molecule has 1 amide bonds. The largest absolute Gasteiger partial charge is 0.356 e. The fourth-order valence-electron chi connectivity index (χ4n) is 2.82. The van der Waals surface area contributed by atoms with Crippen molar-refractivity contribution in [3.05, 3.63) is 70.8 Å². The molecule has 0 aliphatic heterocycles. The number of aliphatic imine (C=N–C) groups is 1. The van der Waals surface area contributed by atoms with Gasteiger partial charge in [0.05, 0.1) is 0 Å². The molecule has 0 aliphatic carbocycles. The summed E-state index contributed by atoms with van der Waals surface area (Å²) in [5.74, 6) is -0.804. The number of hydrogen-bond donors (Lipinski definition) is 3. The summed E-state index contributed by atoms with van der Waals surface area (Å²) in [6, 6.07) is 11.1. The van der Waals surface area contributed by atoms with E-state index in [9.17, 15) is 13.6 Å². The van der Waals surface area contributed by atoms with Gasteiger partial charge in [0.15, 0.2) is 5.96 Å². The van der Waals surface area contributed by atoms with Crippen molar-refractivity contribution in [1.29, 1.82) is 0 Å². The molecule has 29 heavy (non-hydrogen) atoms. The number of halogens is 3. The first-order valence-electron chi connectivity index (χ1n) is 9.15. The van der Waals surface area contributed by atoms with Gasteiger partial charge >= 0.3 is 0 Å². The summed E-state index contributed by atoms with van der Waals surface area (Å²) in [6.07, 6.45) is 0.716. The minimum absolute atomic E-state index is 0. The monoisotopic (exact) mass is 516 g/mol. The molecule has 3 N–H and O–H groups in total. The summed E-state index contributed by atoms with van der Waals surface area (Å²) < 4.78 is 26.9. The van der Waals surface area contributed by atoms with Crippen LogP contribution in [-0.4, -0.2) is 39.1 Å². The highest BCUT2D eigenvalue weighted by Crippen LogP contribution is 2.19. The van der Waals surface area contributed by atoms with Crippen molar-refractivity contribution in [2.45, 2.75) is 19.3 Å². The molecule has 1 unspecified atom stereocenters. The van der Waals surface area contributed by atoms with Crippen LogP contribution in [0.1, 0.15) is 34.3 Å². The van der Waals surface area contributed by atoms with E-state index in [-0.39, 0.29) is 35.8 Å². The third-order valence-electron chi connectivity index (χ3n) is 4.42. The summed E-state index contributed by atoms with van der Waals surface area (Å²) in [4.78, 5) is 15.9. The van der Waals surface area contributed by atoms with E-state index in [4.69, 9.17) is 0 Å². The molecule has 1 atom stereocenters. The fraction of sp³-hybridized carbons (Fsp3) is 0.333. The second-order valence-corrected chi connectivity index (χ2v) is 6.48. The van der Waals surface area contributed by atoms with E-state index in [1.54, 1.807) is 20.2 Å². The fourth-order valence-corrected chi connectivity index (χ4v) is 2.82. The lowest BCUT2D eigenvalue weighted by atomic mass is 10.0. The second-order valence-electron chi connectivity index (χ2n) is 6.48. The predicted octanol–water partition coefficient (Wildman–Crippen LogP) is 3.45. The number of rotatable bonds is 7. The highest BCUT2D eigenvalue weighted by molar-refractivity contribution is 14.0. The lowest BCUT2D eigenvalue weighted by Crippen LogP contribution is -2.40. The normalized spacial score (nSPS) is 12.0. The Balaban J connectivity index is 0.00000420. The molecule has 158 valence electrons. The van der Waals surface area contributed by atoms with E-state index in [1.807, 2.05) is 25.1 Å². The molecule has 0 saturated carbocycles. The van der Waals surface area contributed by atoms with Gasteiger partial charge in [-0.05, 0) is 35.7 Å². The molecule has 2 aromatic carbocycles. The lowest BCUT2D eigenvalue weighted by molar-refractivity contribution is 0.0963. The highest BCUT2D eigenvalue weighted by atomic mass is 127. The molecule has 5 nitrogen and oxygen atoms in total. The molecule has 8 heteroatoms. The van der Waals surface area contributed by atoms with Crippen molar-refractivity contribution in [1.82, 2.24) is 16.0 Å². The summed E-state index contributed by atoms with van der Waals surface area (Å²) >= 11 is 0.